The first-order valence-electron chi connectivity index (χ1n) is 8.24. The molecule has 122 valence electrons. The Morgan fingerprint density at radius 3 is 2.87 bits per heavy atom. The van der Waals surface area contributed by atoms with Crippen LogP contribution in [0.25, 0.3) is 6.08 Å². The maximum Gasteiger partial charge on any atom is 0.231 e. The minimum Gasteiger partial charge on any atom is -0.454 e. The van der Waals surface area contributed by atoms with Crippen molar-refractivity contribution in [3.8, 4) is 11.5 Å². The molecule has 2 heterocycles. The molecule has 1 saturated carbocycles. The third-order valence-electron chi connectivity index (χ3n) is 4.77. The van der Waals surface area contributed by atoms with Crippen molar-refractivity contribution in [1.29, 1.82) is 0 Å². The van der Waals surface area contributed by atoms with Crippen molar-refractivity contribution >= 4 is 11.9 Å². The van der Waals surface area contributed by atoms with Crippen molar-refractivity contribution in [3.05, 3.63) is 29.3 Å². The van der Waals surface area contributed by atoms with Crippen molar-refractivity contribution in [1.82, 2.24) is 4.90 Å². The van der Waals surface area contributed by atoms with E-state index in [1.807, 2.05) is 24.3 Å². The first-order valence-corrected chi connectivity index (χ1v) is 8.24. The van der Waals surface area contributed by atoms with Crippen molar-refractivity contribution in [3.63, 3.8) is 0 Å². The van der Waals surface area contributed by atoms with Crippen LogP contribution in [0, 0.1) is 5.92 Å². The molecule has 0 aromatic heterocycles. The Morgan fingerprint density at radius 1 is 1.17 bits per heavy atom. The topological polar surface area (TPSA) is 48.0 Å². The molecular formula is C18H21NO4. The summed E-state index contributed by atoms with van der Waals surface area (Å²) in [4.78, 5) is 15.0. The lowest BCUT2D eigenvalue weighted by Gasteiger charge is -2.28. The summed E-state index contributed by atoms with van der Waals surface area (Å²) >= 11 is 0. The Bertz CT molecular complexity index is 634. The number of ether oxygens (including phenoxy) is 3. The molecule has 0 N–H and O–H groups in total. The van der Waals surface area contributed by atoms with E-state index in [-0.39, 0.29) is 12.7 Å². The van der Waals surface area contributed by atoms with E-state index in [1.54, 1.807) is 0 Å². The number of Topliss-reactive ketones (excluding diaryl/α,β-unsaturated/α-hetero) is 1. The number of carbonyl (C=O) groups excluding carboxylic acids is 1. The Balaban J connectivity index is 1.44. The molecule has 1 saturated heterocycles. The van der Waals surface area contributed by atoms with E-state index in [0.29, 0.717) is 5.78 Å². The zero-order valence-electron chi connectivity index (χ0n) is 13.1. The van der Waals surface area contributed by atoms with Crippen molar-refractivity contribution in [2.24, 2.45) is 5.92 Å². The monoisotopic (exact) mass is 315 g/mol. The lowest BCUT2D eigenvalue weighted by Crippen LogP contribution is -2.40. The molecule has 0 amide bonds. The van der Waals surface area contributed by atoms with Crippen LogP contribution in [0.4, 0.5) is 0 Å². The van der Waals surface area contributed by atoms with Gasteiger partial charge in [-0.15, -0.1) is 0 Å². The molecule has 0 radical (unpaired) electrons. The first-order chi connectivity index (χ1) is 11.3. The molecule has 0 spiro atoms. The summed E-state index contributed by atoms with van der Waals surface area (Å²) < 4.78 is 16.1. The first kappa shape index (κ1) is 14.7. The van der Waals surface area contributed by atoms with E-state index >= 15 is 0 Å². The highest BCUT2D eigenvalue weighted by Gasteiger charge is 2.31. The van der Waals surface area contributed by atoms with Crippen LogP contribution in [0.1, 0.15) is 18.4 Å². The van der Waals surface area contributed by atoms with Gasteiger partial charge in [0, 0.05) is 25.6 Å². The van der Waals surface area contributed by atoms with Crippen molar-refractivity contribution in [2.75, 3.05) is 39.6 Å². The molecule has 1 aromatic carbocycles. The highest BCUT2D eigenvalue weighted by molar-refractivity contribution is 6.03. The fourth-order valence-electron chi connectivity index (χ4n) is 3.46. The normalized spacial score (nSPS) is 26.2. The van der Waals surface area contributed by atoms with Gasteiger partial charge < -0.3 is 14.2 Å². The zero-order chi connectivity index (χ0) is 15.6. The quantitative estimate of drug-likeness (QED) is 0.800. The van der Waals surface area contributed by atoms with E-state index in [4.69, 9.17) is 14.2 Å². The molecule has 1 atom stereocenters. The molecule has 5 heteroatoms. The second-order valence-corrected chi connectivity index (χ2v) is 6.30. The van der Waals surface area contributed by atoms with Crippen molar-refractivity contribution in [2.45, 2.75) is 12.8 Å². The minimum atomic E-state index is 0.133. The summed E-state index contributed by atoms with van der Waals surface area (Å²) in [6, 6.07) is 5.82. The summed E-state index contributed by atoms with van der Waals surface area (Å²) in [7, 11) is 0. The number of morpholine rings is 1. The van der Waals surface area contributed by atoms with Crippen LogP contribution in [0.15, 0.2) is 23.8 Å². The fourth-order valence-corrected chi connectivity index (χ4v) is 3.46. The number of hydrogen-bond acceptors (Lipinski definition) is 5. The number of nitrogens with zero attached hydrogens (tertiary/aromatic N) is 1. The molecular weight excluding hydrogens is 294 g/mol. The van der Waals surface area contributed by atoms with E-state index in [1.165, 1.54) is 0 Å². The van der Waals surface area contributed by atoms with Gasteiger partial charge in [0.2, 0.25) is 6.79 Å². The molecule has 2 aliphatic heterocycles. The van der Waals surface area contributed by atoms with Gasteiger partial charge >= 0.3 is 0 Å². The predicted octanol–water partition coefficient (Wildman–Crippen LogP) is 2.11. The van der Waals surface area contributed by atoms with Gasteiger partial charge in [-0.1, -0.05) is 6.07 Å². The van der Waals surface area contributed by atoms with Gasteiger partial charge in [-0.3, -0.25) is 9.69 Å². The van der Waals surface area contributed by atoms with Gasteiger partial charge in [-0.25, -0.2) is 0 Å². The maximum absolute atomic E-state index is 12.6. The highest BCUT2D eigenvalue weighted by Crippen LogP contribution is 2.35. The van der Waals surface area contributed by atoms with E-state index in [9.17, 15) is 4.79 Å². The number of hydrogen-bond donors (Lipinski definition) is 0. The smallest absolute Gasteiger partial charge is 0.231 e. The molecule has 3 aliphatic rings. The zero-order valence-corrected chi connectivity index (χ0v) is 13.1. The van der Waals surface area contributed by atoms with Crippen LogP contribution in [0.5, 0.6) is 11.5 Å². The molecule has 0 bridgehead atoms. The van der Waals surface area contributed by atoms with Gasteiger partial charge in [-0.2, -0.15) is 0 Å². The Morgan fingerprint density at radius 2 is 2.00 bits per heavy atom. The number of rotatable bonds is 3. The van der Waals surface area contributed by atoms with Crippen LogP contribution in [-0.4, -0.2) is 50.3 Å². The van der Waals surface area contributed by atoms with Crippen molar-refractivity contribution < 1.29 is 19.0 Å². The average Bonchev–Trinajstić information content (AvgIpc) is 3.17. The standard InChI is InChI=1S/C18H21NO4/c20-18-14(2-3-15(18)11-19-5-7-21-8-6-19)9-13-1-4-16-17(10-13)23-12-22-16/h1,4,9-10,15H,2-3,5-8,11-12H2. The second-order valence-electron chi connectivity index (χ2n) is 6.30. The van der Waals surface area contributed by atoms with Gasteiger partial charge in [0.15, 0.2) is 17.3 Å². The van der Waals surface area contributed by atoms with Gasteiger partial charge in [-0.05, 0) is 42.2 Å². The van der Waals surface area contributed by atoms with Gasteiger partial charge in [0.05, 0.1) is 13.2 Å². The molecule has 23 heavy (non-hydrogen) atoms. The average molecular weight is 315 g/mol. The maximum atomic E-state index is 12.6. The van der Waals surface area contributed by atoms with Gasteiger partial charge in [0.25, 0.3) is 0 Å². The Hall–Kier alpha value is -1.85. The summed E-state index contributed by atoms with van der Waals surface area (Å²) in [5.74, 6) is 1.97. The summed E-state index contributed by atoms with van der Waals surface area (Å²) in [5.41, 5.74) is 1.94. The predicted molar refractivity (Wildman–Crippen MR) is 85.5 cm³/mol. The van der Waals surface area contributed by atoms with Crippen LogP contribution in [0.3, 0.4) is 0 Å². The van der Waals surface area contributed by atoms with E-state index in [2.05, 4.69) is 4.90 Å². The molecule has 1 aromatic rings. The van der Waals surface area contributed by atoms with E-state index < -0.39 is 0 Å². The van der Waals surface area contributed by atoms with E-state index in [0.717, 1.165) is 68.3 Å². The fraction of sp³-hybridized carbons (Fsp3) is 0.500. The lowest BCUT2D eigenvalue weighted by atomic mass is 10.0. The minimum absolute atomic E-state index is 0.133. The third kappa shape index (κ3) is 3.12. The summed E-state index contributed by atoms with van der Waals surface area (Å²) in [6.45, 7) is 4.56. The van der Waals surface area contributed by atoms with Gasteiger partial charge in [0.1, 0.15) is 0 Å². The highest BCUT2D eigenvalue weighted by atomic mass is 16.7. The molecule has 5 nitrogen and oxygen atoms in total. The number of fused-ring (bicyclic) bond motifs is 1. The lowest BCUT2D eigenvalue weighted by molar-refractivity contribution is -0.118. The second kappa shape index (κ2) is 6.34. The molecule has 1 unspecified atom stereocenters. The SMILES string of the molecule is O=C1C(=Cc2ccc3c(c2)OCO3)CCC1CN1CCOCC1. The van der Waals surface area contributed by atoms with Crippen LogP contribution < -0.4 is 9.47 Å². The van der Waals surface area contributed by atoms with Crippen LogP contribution >= 0.6 is 0 Å². The molecule has 4 rings (SSSR count). The van der Waals surface area contributed by atoms with Crippen LogP contribution in [-0.2, 0) is 9.53 Å². The summed E-state index contributed by atoms with van der Waals surface area (Å²) in [5, 5.41) is 0. The number of allylic oxidation sites excluding steroid dienone is 1. The molecule has 2 fully saturated rings. The Labute approximate surface area is 135 Å². The number of carbonyl (C=O) groups is 1. The largest absolute Gasteiger partial charge is 0.454 e. The van der Waals surface area contributed by atoms with Crippen LogP contribution in [0.2, 0.25) is 0 Å². The number of ketones is 1. The third-order valence-corrected chi connectivity index (χ3v) is 4.77. The number of benzene rings is 1. The Kier molecular flexibility index (Phi) is 4.06. The summed E-state index contributed by atoms with van der Waals surface area (Å²) in [6.07, 6.45) is 3.82. The molecule has 1 aliphatic carbocycles.